The molecule has 2 rings (SSSR count). The fourth-order valence-electron chi connectivity index (χ4n) is 2.72. The van der Waals surface area contributed by atoms with E-state index in [1.807, 2.05) is 0 Å². The number of amides is 4. The summed E-state index contributed by atoms with van der Waals surface area (Å²) in [6.07, 6.45) is 4.64. The van der Waals surface area contributed by atoms with Gasteiger partial charge >= 0.3 is 6.03 Å². The van der Waals surface area contributed by atoms with Crippen LogP contribution >= 0.6 is 0 Å². The minimum atomic E-state index is -0.935. The highest BCUT2D eigenvalue weighted by Crippen LogP contribution is 2.24. The molecule has 2 N–H and O–H groups in total. The zero-order chi connectivity index (χ0) is 17.7. The minimum absolute atomic E-state index is 0.256. The van der Waals surface area contributed by atoms with E-state index in [-0.39, 0.29) is 18.3 Å². The molecule has 0 saturated carbocycles. The van der Waals surface area contributed by atoms with Crippen LogP contribution in [0.3, 0.4) is 0 Å². The molecule has 1 fully saturated rings. The van der Waals surface area contributed by atoms with Crippen molar-refractivity contribution in [2.75, 3.05) is 11.9 Å². The summed E-state index contributed by atoms with van der Waals surface area (Å²) >= 11 is 0. The lowest BCUT2D eigenvalue weighted by Crippen LogP contribution is -2.44. The smallest absolute Gasteiger partial charge is 0.325 e. The van der Waals surface area contributed by atoms with Gasteiger partial charge in [-0.15, -0.1) is 0 Å². The molecule has 1 aromatic heterocycles. The molecule has 1 unspecified atom stereocenters. The first-order chi connectivity index (χ1) is 11.4. The van der Waals surface area contributed by atoms with Crippen molar-refractivity contribution in [3.05, 3.63) is 11.8 Å². The van der Waals surface area contributed by atoms with Gasteiger partial charge in [0, 0.05) is 6.07 Å². The van der Waals surface area contributed by atoms with Gasteiger partial charge in [0.25, 0.3) is 5.91 Å². The van der Waals surface area contributed by atoms with Gasteiger partial charge in [0.1, 0.15) is 17.8 Å². The van der Waals surface area contributed by atoms with Gasteiger partial charge in [-0.25, -0.2) is 4.79 Å². The molecule has 0 spiro atoms. The van der Waals surface area contributed by atoms with Crippen molar-refractivity contribution >= 4 is 23.7 Å². The molecule has 0 aliphatic carbocycles. The van der Waals surface area contributed by atoms with Gasteiger partial charge in [-0.1, -0.05) is 37.8 Å². The molecule has 1 aliphatic rings. The number of carbonyl (C=O) groups excluding carboxylic acids is 3. The van der Waals surface area contributed by atoms with Gasteiger partial charge in [0.15, 0.2) is 5.82 Å². The summed E-state index contributed by atoms with van der Waals surface area (Å²) in [6.45, 7) is 5.17. The average Bonchev–Trinajstić information content (AvgIpc) is 3.01. The van der Waals surface area contributed by atoms with Crippen molar-refractivity contribution in [3.8, 4) is 0 Å². The molecular formula is C16H24N4O4. The third kappa shape index (κ3) is 4.12. The standard InChI is InChI=1S/C16H24N4O4/c1-4-5-6-7-8-16(3)14(22)20(15(23)18-16)10-13(21)17-12-9-11(2)24-19-12/h9H,4-8,10H2,1-3H3,(H,18,23)(H,17,19,21). The molecule has 8 nitrogen and oxygen atoms in total. The second-order valence-corrected chi connectivity index (χ2v) is 6.34. The number of carbonyl (C=O) groups is 3. The van der Waals surface area contributed by atoms with Gasteiger partial charge in [0.2, 0.25) is 5.91 Å². The molecule has 1 atom stereocenters. The minimum Gasteiger partial charge on any atom is -0.360 e. The maximum atomic E-state index is 12.5. The Hall–Kier alpha value is -2.38. The summed E-state index contributed by atoms with van der Waals surface area (Å²) in [7, 11) is 0. The van der Waals surface area contributed by atoms with Crippen molar-refractivity contribution in [2.24, 2.45) is 0 Å². The molecule has 1 aliphatic heterocycles. The van der Waals surface area contributed by atoms with E-state index < -0.39 is 17.5 Å². The fourth-order valence-corrected chi connectivity index (χ4v) is 2.72. The number of hydrogen-bond acceptors (Lipinski definition) is 5. The highest BCUT2D eigenvalue weighted by molar-refractivity contribution is 6.09. The van der Waals surface area contributed by atoms with Gasteiger partial charge in [-0.05, 0) is 20.3 Å². The molecule has 0 bridgehead atoms. The third-order valence-electron chi connectivity index (χ3n) is 4.07. The van der Waals surface area contributed by atoms with Crippen LogP contribution in [0.1, 0.15) is 51.7 Å². The lowest BCUT2D eigenvalue weighted by Gasteiger charge is -2.21. The van der Waals surface area contributed by atoms with Gasteiger partial charge in [-0.3, -0.25) is 14.5 Å². The fraction of sp³-hybridized carbons (Fsp3) is 0.625. The SMILES string of the molecule is CCCCCCC1(C)NC(=O)N(CC(=O)Nc2cc(C)on2)C1=O. The monoisotopic (exact) mass is 336 g/mol. The summed E-state index contributed by atoms with van der Waals surface area (Å²) in [5, 5.41) is 8.85. The quantitative estimate of drug-likeness (QED) is 0.559. The Morgan fingerprint density at radius 3 is 2.75 bits per heavy atom. The third-order valence-corrected chi connectivity index (χ3v) is 4.07. The van der Waals surface area contributed by atoms with Crippen LogP contribution in [0.5, 0.6) is 0 Å². The Balaban J connectivity index is 1.92. The Morgan fingerprint density at radius 2 is 2.12 bits per heavy atom. The van der Waals surface area contributed by atoms with Gasteiger partial charge in [0.05, 0.1) is 0 Å². The normalized spacial score (nSPS) is 20.4. The number of imide groups is 1. The zero-order valence-electron chi connectivity index (χ0n) is 14.3. The maximum absolute atomic E-state index is 12.5. The van der Waals surface area contributed by atoms with Crippen LogP contribution in [0.25, 0.3) is 0 Å². The van der Waals surface area contributed by atoms with E-state index in [0.717, 1.165) is 30.6 Å². The summed E-state index contributed by atoms with van der Waals surface area (Å²) in [4.78, 5) is 37.5. The van der Waals surface area contributed by atoms with E-state index in [1.165, 1.54) is 0 Å². The zero-order valence-corrected chi connectivity index (χ0v) is 14.3. The van der Waals surface area contributed by atoms with Crippen LogP contribution in [0.2, 0.25) is 0 Å². The van der Waals surface area contributed by atoms with E-state index in [4.69, 9.17) is 4.52 Å². The van der Waals surface area contributed by atoms with Crippen molar-refractivity contribution in [1.82, 2.24) is 15.4 Å². The van der Waals surface area contributed by atoms with Crippen LogP contribution in [-0.2, 0) is 9.59 Å². The second-order valence-electron chi connectivity index (χ2n) is 6.34. The number of nitrogens with one attached hydrogen (secondary N) is 2. The average molecular weight is 336 g/mol. The predicted molar refractivity (Wildman–Crippen MR) is 87.3 cm³/mol. The van der Waals surface area contributed by atoms with Crippen LogP contribution in [0, 0.1) is 6.92 Å². The number of unbranched alkanes of at least 4 members (excludes halogenated alkanes) is 3. The topological polar surface area (TPSA) is 105 Å². The summed E-state index contributed by atoms with van der Waals surface area (Å²) < 4.78 is 4.85. The van der Waals surface area contributed by atoms with Gasteiger partial charge < -0.3 is 15.2 Å². The lowest BCUT2D eigenvalue weighted by molar-refractivity contribution is -0.133. The summed E-state index contributed by atoms with van der Waals surface area (Å²) in [5.41, 5.74) is -0.935. The highest BCUT2D eigenvalue weighted by atomic mass is 16.5. The van der Waals surface area contributed by atoms with Gasteiger partial charge in [-0.2, -0.15) is 0 Å². The number of aryl methyl sites for hydroxylation is 1. The van der Waals surface area contributed by atoms with E-state index in [2.05, 4.69) is 22.7 Å². The predicted octanol–water partition coefficient (Wildman–Crippen LogP) is 2.20. The molecule has 8 heteroatoms. The number of nitrogens with zero attached hydrogens (tertiary/aromatic N) is 2. The Kier molecular flexibility index (Phi) is 5.58. The van der Waals surface area contributed by atoms with Crippen molar-refractivity contribution < 1.29 is 18.9 Å². The number of anilines is 1. The molecule has 0 aromatic carbocycles. The van der Waals surface area contributed by atoms with E-state index in [0.29, 0.717) is 12.2 Å². The molecule has 132 valence electrons. The Labute approximate surface area is 140 Å². The molecule has 1 aromatic rings. The largest absolute Gasteiger partial charge is 0.360 e. The van der Waals surface area contributed by atoms with Crippen molar-refractivity contribution in [2.45, 2.75) is 58.4 Å². The van der Waals surface area contributed by atoms with E-state index >= 15 is 0 Å². The summed E-state index contributed by atoms with van der Waals surface area (Å²) in [5.74, 6) is -0.0515. The van der Waals surface area contributed by atoms with Crippen molar-refractivity contribution in [3.63, 3.8) is 0 Å². The Morgan fingerprint density at radius 1 is 1.38 bits per heavy atom. The number of hydrogen-bond donors (Lipinski definition) is 2. The van der Waals surface area contributed by atoms with E-state index in [1.54, 1.807) is 19.9 Å². The molecule has 0 radical (unpaired) electrons. The first-order valence-electron chi connectivity index (χ1n) is 8.23. The number of urea groups is 1. The van der Waals surface area contributed by atoms with Crippen molar-refractivity contribution in [1.29, 1.82) is 0 Å². The van der Waals surface area contributed by atoms with Crippen LogP contribution < -0.4 is 10.6 Å². The first kappa shape index (κ1) is 18.0. The summed E-state index contributed by atoms with van der Waals surface area (Å²) in [6, 6.07) is 1.02. The number of rotatable bonds is 8. The van der Waals surface area contributed by atoms with Crippen LogP contribution in [0.4, 0.5) is 10.6 Å². The highest BCUT2D eigenvalue weighted by Gasteiger charge is 2.47. The lowest BCUT2D eigenvalue weighted by atomic mass is 9.94. The van der Waals surface area contributed by atoms with Crippen LogP contribution in [0.15, 0.2) is 10.6 Å². The molecule has 24 heavy (non-hydrogen) atoms. The first-order valence-corrected chi connectivity index (χ1v) is 8.23. The molecule has 2 heterocycles. The maximum Gasteiger partial charge on any atom is 0.325 e. The molecular weight excluding hydrogens is 312 g/mol. The number of aromatic nitrogens is 1. The van der Waals surface area contributed by atoms with Crippen LogP contribution in [-0.4, -0.2) is 40.0 Å². The van der Waals surface area contributed by atoms with E-state index in [9.17, 15) is 14.4 Å². The molecule has 1 saturated heterocycles. The molecule has 4 amide bonds. The second kappa shape index (κ2) is 7.46. The Bertz CT molecular complexity index is 627.